The van der Waals surface area contributed by atoms with Crippen LogP contribution in [0.2, 0.25) is 5.02 Å². The molecule has 1 unspecified atom stereocenters. The summed E-state index contributed by atoms with van der Waals surface area (Å²) < 4.78 is 0. The van der Waals surface area contributed by atoms with Crippen molar-refractivity contribution < 1.29 is 0 Å². The van der Waals surface area contributed by atoms with Crippen LogP contribution >= 0.6 is 11.6 Å². The van der Waals surface area contributed by atoms with Gasteiger partial charge >= 0.3 is 0 Å². The number of benzene rings is 1. The molecule has 1 aromatic carbocycles. The third-order valence-electron chi connectivity index (χ3n) is 3.84. The fourth-order valence-electron chi connectivity index (χ4n) is 2.46. The maximum atomic E-state index is 6.08. The van der Waals surface area contributed by atoms with Gasteiger partial charge in [0.2, 0.25) is 0 Å². The average molecular weight is 280 g/mol. The second kappa shape index (κ2) is 7.31. The highest BCUT2D eigenvalue weighted by Gasteiger charge is 2.22. The van der Waals surface area contributed by atoms with Gasteiger partial charge in [-0.2, -0.15) is 0 Å². The van der Waals surface area contributed by atoms with Crippen molar-refractivity contribution in [3.8, 4) is 0 Å². The summed E-state index contributed by atoms with van der Waals surface area (Å²) in [5.41, 5.74) is 1.37. The van der Waals surface area contributed by atoms with Crippen LogP contribution in [-0.2, 0) is 6.42 Å². The molecule has 1 fully saturated rings. The summed E-state index contributed by atoms with van der Waals surface area (Å²) in [6, 6.07) is 9.13. The molecule has 0 bridgehead atoms. The Morgan fingerprint density at radius 3 is 2.68 bits per heavy atom. The lowest BCUT2D eigenvalue weighted by Crippen LogP contribution is -2.26. The zero-order valence-electron chi connectivity index (χ0n) is 12.2. The predicted molar refractivity (Wildman–Crippen MR) is 83.7 cm³/mol. The van der Waals surface area contributed by atoms with E-state index < -0.39 is 0 Å². The Morgan fingerprint density at radius 2 is 2.05 bits per heavy atom. The van der Waals surface area contributed by atoms with Crippen molar-refractivity contribution >= 4 is 11.6 Å². The lowest BCUT2D eigenvalue weighted by atomic mass is 9.92. The van der Waals surface area contributed by atoms with Gasteiger partial charge in [0, 0.05) is 11.1 Å². The molecule has 2 heteroatoms. The topological polar surface area (TPSA) is 12.0 Å². The van der Waals surface area contributed by atoms with Crippen LogP contribution in [-0.4, -0.2) is 12.6 Å². The molecule has 0 radical (unpaired) electrons. The Kier molecular flexibility index (Phi) is 5.72. The van der Waals surface area contributed by atoms with Gasteiger partial charge in [-0.15, -0.1) is 0 Å². The molecule has 1 aliphatic rings. The van der Waals surface area contributed by atoms with E-state index in [4.69, 9.17) is 11.6 Å². The molecule has 106 valence electrons. The quantitative estimate of drug-likeness (QED) is 0.728. The third kappa shape index (κ3) is 5.97. The van der Waals surface area contributed by atoms with Crippen LogP contribution in [0.3, 0.4) is 0 Å². The van der Waals surface area contributed by atoms with Gasteiger partial charge in [-0.1, -0.05) is 44.0 Å². The summed E-state index contributed by atoms with van der Waals surface area (Å²) in [6.45, 7) is 5.78. The minimum Gasteiger partial charge on any atom is -0.314 e. The minimum absolute atomic E-state index is 0.737. The molecule has 0 aliphatic heterocycles. The van der Waals surface area contributed by atoms with Crippen molar-refractivity contribution in [3.05, 3.63) is 34.9 Å². The van der Waals surface area contributed by atoms with Crippen LogP contribution in [0.25, 0.3) is 0 Å². The Bertz CT molecular complexity index is 379. The molecule has 1 N–H and O–H groups in total. The summed E-state index contributed by atoms with van der Waals surface area (Å²) in [5, 5.41) is 4.54. The number of hydrogen-bond acceptors (Lipinski definition) is 1. The number of nitrogens with one attached hydrogen (secondary N) is 1. The van der Waals surface area contributed by atoms with Gasteiger partial charge in [0.05, 0.1) is 0 Å². The predicted octanol–water partition coefficient (Wildman–Crippen LogP) is 4.69. The smallest absolute Gasteiger partial charge is 0.0408 e. The van der Waals surface area contributed by atoms with E-state index in [0.717, 1.165) is 35.9 Å². The zero-order chi connectivity index (χ0) is 13.7. The highest BCUT2D eigenvalue weighted by Crippen LogP contribution is 2.22. The lowest BCUT2D eigenvalue weighted by Gasteiger charge is -2.19. The second-order valence-electron chi connectivity index (χ2n) is 6.35. The maximum Gasteiger partial charge on any atom is 0.0408 e. The van der Waals surface area contributed by atoms with Crippen molar-refractivity contribution in [1.82, 2.24) is 5.32 Å². The second-order valence-corrected chi connectivity index (χ2v) is 6.79. The monoisotopic (exact) mass is 279 g/mol. The first-order valence-electron chi connectivity index (χ1n) is 7.61. The van der Waals surface area contributed by atoms with E-state index in [1.165, 1.54) is 31.2 Å². The van der Waals surface area contributed by atoms with Gasteiger partial charge in [0.1, 0.15) is 0 Å². The van der Waals surface area contributed by atoms with Gasteiger partial charge < -0.3 is 5.32 Å². The highest BCUT2D eigenvalue weighted by molar-refractivity contribution is 6.30. The van der Waals surface area contributed by atoms with Gasteiger partial charge in [-0.05, 0) is 61.8 Å². The van der Waals surface area contributed by atoms with Crippen molar-refractivity contribution in [3.63, 3.8) is 0 Å². The van der Waals surface area contributed by atoms with Crippen molar-refractivity contribution in [2.24, 2.45) is 11.8 Å². The fraction of sp³-hybridized carbons (Fsp3) is 0.647. The third-order valence-corrected chi connectivity index (χ3v) is 4.07. The molecule has 0 aromatic heterocycles. The van der Waals surface area contributed by atoms with Gasteiger partial charge in [-0.3, -0.25) is 0 Å². The largest absolute Gasteiger partial charge is 0.314 e. The summed E-state index contributed by atoms with van der Waals surface area (Å²) >= 11 is 6.08. The SMILES string of the molecule is CC(C)CCC(CNC1CC1)Cc1cccc(Cl)c1. The Hall–Kier alpha value is -0.530. The Balaban J connectivity index is 1.86. The molecular formula is C17H26ClN. The standard InChI is InChI=1S/C17H26ClN/c1-13(2)6-7-15(12-19-17-8-9-17)10-14-4-3-5-16(18)11-14/h3-5,11,13,15,17,19H,6-10,12H2,1-2H3. The van der Waals surface area contributed by atoms with E-state index in [1.54, 1.807) is 0 Å². The first-order chi connectivity index (χ1) is 9.13. The molecule has 2 rings (SSSR count). The van der Waals surface area contributed by atoms with Crippen LogP contribution in [0.5, 0.6) is 0 Å². The first kappa shape index (κ1) is 14.9. The van der Waals surface area contributed by atoms with Crippen molar-refractivity contribution in [1.29, 1.82) is 0 Å². The van der Waals surface area contributed by atoms with E-state index in [9.17, 15) is 0 Å². The van der Waals surface area contributed by atoms with E-state index in [0.29, 0.717) is 0 Å². The highest BCUT2D eigenvalue weighted by atomic mass is 35.5. The molecular weight excluding hydrogens is 254 g/mol. The number of rotatable bonds is 8. The fourth-order valence-corrected chi connectivity index (χ4v) is 2.68. The summed E-state index contributed by atoms with van der Waals surface area (Å²) in [5.74, 6) is 1.53. The molecule has 1 aromatic rings. The summed E-state index contributed by atoms with van der Waals surface area (Å²) in [4.78, 5) is 0. The van der Waals surface area contributed by atoms with Crippen LogP contribution in [0, 0.1) is 11.8 Å². The first-order valence-corrected chi connectivity index (χ1v) is 7.99. The zero-order valence-corrected chi connectivity index (χ0v) is 12.9. The molecule has 0 amide bonds. The van der Waals surface area contributed by atoms with E-state index in [2.05, 4.69) is 37.4 Å². The van der Waals surface area contributed by atoms with Crippen LogP contribution in [0.1, 0.15) is 45.1 Å². The molecule has 0 spiro atoms. The van der Waals surface area contributed by atoms with Gasteiger partial charge in [0.25, 0.3) is 0 Å². The average Bonchev–Trinajstić information content (AvgIpc) is 3.16. The minimum atomic E-state index is 0.737. The Labute approximate surface area is 122 Å². The Morgan fingerprint density at radius 1 is 1.26 bits per heavy atom. The van der Waals surface area contributed by atoms with Crippen LogP contribution in [0.4, 0.5) is 0 Å². The van der Waals surface area contributed by atoms with Crippen LogP contribution < -0.4 is 5.32 Å². The molecule has 0 saturated heterocycles. The molecule has 1 atom stereocenters. The van der Waals surface area contributed by atoms with Gasteiger partial charge in [-0.25, -0.2) is 0 Å². The van der Waals surface area contributed by atoms with Gasteiger partial charge in [0.15, 0.2) is 0 Å². The van der Waals surface area contributed by atoms with Crippen LogP contribution in [0.15, 0.2) is 24.3 Å². The van der Waals surface area contributed by atoms with E-state index in [-0.39, 0.29) is 0 Å². The van der Waals surface area contributed by atoms with E-state index >= 15 is 0 Å². The molecule has 1 nitrogen and oxygen atoms in total. The van der Waals surface area contributed by atoms with E-state index in [1.807, 2.05) is 6.07 Å². The molecule has 1 aliphatic carbocycles. The van der Waals surface area contributed by atoms with Crippen molar-refractivity contribution in [2.75, 3.05) is 6.54 Å². The summed E-state index contributed by atoms with van der Waals surface area (Å²) in [7, 11) is 0. The maximum absolute atomic E-state index is 6.08. The van der Waals surface area contributed by atoms with Crippen molar-refractivity contribution in [2.45, 2.75) is 52.0 Å². The lowest BCUT2D eigenvalue weighted by molar-refractivity contribution is 0.397. The molecule has 1 saturated carbocycles. The summed E-state index contributed by atoms with van der Waals surface area (Å²) in [6.07, 6.45) is 6.51. The normalized spacial score (nSPS) is 16.8. The number of halogens is 1. The molecule has 19 heavy (non-hydrogen) atoms. The molecule has 0 heterocycles. The number of hydrogen-bond donors (Lipinski definition) is 1.